The number of aromatic nitrogens is 2. The van der Waals surface area contributed by atoms with E-state index in [1.165, 1.54) is 11.1 Å². The molecule has 162 valence electrons. The van der Waals surface area contributed by atoms with Gasteiger partial charge in [-0.3, -0.25) is 9.69 Å². The van der Waals surface area contributed by atoms with Crippen LogP contribution in [0.2, 0.25) is 0 Å². The Morgan fingerprint density at radius 1 is 1.13 bits per heavy atom. The molecule has 0 atom stereocenters. The highest BCUT2D eigenvalue weighted by atomic mass is 32.1. The van der Waals surface area contributed by atoms with Crippen molar-refractivity contribution in [3.05, 3.63) is 70.6 Å². The zero-order valence-corrected chi connectivity index (χ0v) is 18.6. The molecule has 1 aliphatic heterocycles. The third-order valence-electron chi connectivity index (χ3n) is 5.67. The minimum atomic E-state index is 0.128. The molecule has 1 fully saturated rings. The molecule has 2 aromatic carbocycles. The summed E-state index contributed by atoms with van der Waals surface area (Å²) in [4.78, 5) is 15.0. The van der Waals surface area contributed by atoms with Gasteiger partial charge >= 0.3 is 0 Å². The first-order chi connectivity index (χ1) is 15.1. The molecule has 4 rings (SSSR count). The maximum absolute atomic E-state index is 12.3. The van der Waals surface area contributed by atoms with Crippen molar-refractivity contribution in [1.29, 1.82) is 0 Å². The predicted octanol–water partition coefficient (Wildman–Crippen LogP) is 4.35. The Morgan fingerprint density at radius 3 is 2.55 bits per heavy atom. The van der Waals surface area contributed by atoms with Crippen LogP contribution in [0.15, 0.2) is 59.0 Å². The number of carbonyl (C=O) groups excluding carboxylic acids is 1. The summed E-state index contributed by atoms with van der Waals surface area (Å²) in [5.74, 6) is 0.675. The van der Waals surface area contributed by atoms with E-state index in [1.54, 1.807) is 4.68 Å². The number of nitrogens with one attached hydrogen (secondary N) is 1. The molecule has 6 nitrogen and oxygen atoms in total. The molecule has 1 N–H and O–H groups in total. The van der Waals surface area contributed by atoms with Crippen molar-refractivity contribution >= 4 is 18.1 Å². The second-order valence-corrected chi connectivity index (χ2v) is 8.47. The second-order valence-electron chi connectivity index (χ2n) is 8.13. The summed E-state index contributed by atoms with van der Waals surface area (Å²) in [5.41, 5.74) is 3.31. The number of nitrogens with zero attached hydrogens (tertiary/aromatic N) is 3. The molecule has 0 aliphatic carbocycles. The van der Waals surface area contributed by atoms with Gasteiger partial charge < -0.3 is 9.73 Å². The normalized spacial score (nSPS) is 15.1. The molecular weight excluding hydrogens is 408 g/mol. The maximum atomic E-state index is 12.3. The first kappa shape index (κ1) is 21.5. The van der Waals surface area contributed by atoms with E-state index in [1.807, 2.05) is 49.4 Å². The van der Waals surface area contributed by atoms with Gasteiger partial charge in [-0.1, -0.05) is 48.0 Å². The lowest BCUT2D eigenvalue weighted by Crippen LogP contribution is -2.45. The van der Waals surface area contributed by atoms with Gasteiger partial charge in [0.15, 0.2) is 0 Å². The van der Waals surface area contributed by atoms with E-state index in [0.717, 1.165) is 37.9 Å². The number of amides is 1. The number of hydrogen-bond acceptors (Lipinski definition) is 5. The van der Waals surface area contributed by atoms with Gasteiger partial charge in [-0.25, -0.2) is 4.68 Å². The molecule has 1 aliphatic rings. The van der Waals surface area contributed by atoms with Crippen LogP contribution in [0.25, 0.3) is 11.5 Å². The summed E-state index contributed by atoms with van der Waals surface area (Å²) in [7, 11) is 0. The fourth-order valence-corrected chi connectivity index (χ4v) is 4.00. The molecule has 31 heavy (non-hydrogen) atoms. The average Bonchev–Trinajstić information content (AvgIpc) is 3.15. The van der Waals surface area contributed by atoms with Crippen molar-refractivity contribution in [2.75, 3.05) is 13.1 Å². The summed E-state index contributed by atoms with van der Waals surface area (Å²) >= 11 is 5.37. The smallest absolute Gasteiger partial charge is 0.288 e. The Morgan fingerprint density at radius 2 is 1.84 bits per heavy atom. The minimum Gasteiger partial charge on any atom is -0.409 e. The van der Waals surface area contributed by atoms with Crippen LogP contribution in [-0.4, -0.2) is 39.7 Å². The van der Waals surface area contributed by atoms with Gasteiger partial charge in [0.1, 0.15) is 0 Å². The van der Waals surface area contributed by atoms with Gasteiger partial charge in [0.2, 0.25) is 11.8 Å². The lowest BCUT2D eigenvalue weighted by molar-refractivity contribution is -0.122. The third kappa shape index (κ3) is 5.89. The fraction of sp³-hybridized carbons (Fsp3) is 0.375. The second kappa shape index (κ2) is 10.0. The van der Waals surface area contributed by atoms with Crippen molar-refractivity contribution < 1.29 is 9.21 Å². The number of aryl methyl sites for hydroxylation is 2. The number of carbonyl (C=O) groups is 1. The van der Waals surface area contributed by atoms with E-state index in [4.69, 9.17) is 16.6 Å². The molecule has 0 radical (unpaired) electrons. The van der Waals surface area contributed by atoms with Crippen molar-refractivity contribution in [2.24, 2.45) is 0 Å². The predicted molar refractivity (Wildman–Crippen MR) is 123 cm³/mol. The number of piperidine rings is 1. The third-order valence-corrected chi connectivity index (χ3v) is 5.97. The quantitative estimate of drug-likeness (QED) is 0.558. The lowest BCUT2D eigenvalue weighted by Gasteiger charge is -2.31. The molecule has 1 aromatic heterocycles. The molecule has 0 unspecified atom stereocenters. The van der Waals surface area contributed by atoms with Crippen molar-refractivity contribution in [3.8, 4) is 11.5 Å². The average molecular weight is 437 g/mol. The van der Waals surface area contributed by atoms with Crippen LogP contribution in [0.1, 0.15) is 30.4 Å². The van der Waals surface area contributed by atoms with Crippen LogP contribution < -0.4 is 5.32 Å². The number of rotatable bonds is 7. The first-order valence-electron chi connectivity index (χ1n) is 10.8. The molecule has 0 saturated carbocycles. The number of likely N-dealkylation sites (tertiary alicyclic amines) is 1. The topological polar surface area (TPSA) is 63.3 Å². The molecule has 1 amide bonds. The van der Waals surface area contributed by atoms with Crippen molar-refractivity contribution in [1.82, 2.24) is 20.0 Å². The monoisotopic (exact) mass is 436 g/mol. The van der Waals surface area contributed by atoms with Gasteiger partial charge in [0, 0.05) is 31.1 Å². The van der Waals surface area contributed by atoms with E-state index in [0.29, 0.717) is 23.8 Å². The largest absolute Gasteiger partial charge is 0.409 e. The van der Waals surface area contributed by atoms with Gasteiger partial charge in [-0.2, -0.15) is 0 Å². The number of hydrogen-bond donors (Lipinski definition) is 1. The van der Waals surface area contributed by atoms with E-state index in [-0.39, 0.29) is 11.9 Å². The minimum absolute atomic E-state index is 0.128. The summed E-state index contributed by atoms with van der Waals surface area (Å²) in [6.07, 6.45) is 3.15. The highest BCUT2D eigenvalue weighted by molar-refractivity contribution is 7.71. The van der Waals surface area contributed by atoms with Crippen LogP contribution in [0.3, 0.4) is 0 Å². The molecule has 2 heterocycles. The summed E-state index contributed by atoms with van der Waals surface area (Å²) in [6.45, 7) is 4.42. The first-order valence-corrected chi connectivity index (χ1v) is 11.2. The van der Waals surface area contributed by atoms with Crippen LogP contribution >= 0.6 is 12.2 Å². The molecule has 3 aromatic rings. The SMILES string of the molecule is Cc1ccc(-c2nn(CN3CCC(NC(=O)CCc4ccccc4)CC3)c(=S)o2)cc1. The Labute approximate surface area is 187 Å². The number of benzene rings is 2. The Balaban J connectivity index is 1.24. The van der Waals surface area contributed by atoms with Crippen LogP contribution in [0.5, 0.6) is 0 Å². The molecule has 7 heteroatoms. The summed E-state index contributed by atoms with van der Waals surface area (Å²) in [5, 5.41) is 7.75. The van der Waals surface area contributed by atoms with E-state index in [2.05, 4.69) is 27.4 Å². The van der Waals surface area contributed by atoms with E-state index >= 15 is 0 Å². The standard InChI is InChI=1S/C24H28N4O2S/c1-18-7-10-20(11-8-18)23-26-28(24(31)30-23)17-27-15-13-21(14-16-27)25-22(29)12-9-19-5-3-2-4-6-19/h2-8,10-11,21H,9,12-17H2,1H3,(H,25,29). The van der Waals surface area contributed by atoms with Gasteiger partial charge in [-0.15, -0.1) is 5.10 Å². The van der Waals surface area contributed by atoms with Gasteiger partial charge in [0.25, 0.3) is 4.84 Å². The Bertz CT molecular complexity index is 1050. The van der Waals surface area contributed by atoms with Crippen LogP contribution in [0, 0.1) is 11.8 Å². The zero-order valence-electron chi connectivity index (χ0n) is 17.8. The van der Waals surface area contributed by atoms with Crippen molar-refractivity contribution in [2.45, 2.75) is 45.3 Å². The van der Waals surface area contributed by atoms with Crippen LogP contribution in [-0.2, 0) is 17.9 Å². The van der Waals surface area contributed by atoms with Gasteiger partial charge in [-0.05, 0) is 56.1 Å². The fourth-order valence-electron chi connectivity index (χ4n) is 3.82. The molecule has 0 spiro atoms. The highest BCUT2D eigenvalue weighted by Gasteiger charge is 2.21. The van der Waals surface area contributed by atoms with E-state index < -0.39 is 0 Å². The maximum Gasteiger partial charge on any atom is 0.288 e. The molecule has 1 saturated heterocycles. The summed E-state index contributed by atoms with van der Waals surface area (Å²) in [6, 6.07) is 18.4. The molecule has 0 bridgehead atoms. The lowest BCUT2D eigenvalue weighted by atomic mass is 10.0. The summed E-state index contributed by atoms with van der Waals surface area (Å²) < 4.78 is 7.44. The van der Waals surface area contributed by atoms with E-state index in [9.17, 15) is 4.79 Å². The zero-order chi connectivity index (χ0) is 21.6. The van der Waals surface area contributed by atoms with Crippen LogP contribution in [0.4, 0.5) is 0 Å². The van der Waals surface area contributed by atoms with Crippen molar-refractivity contribution in [3.63, 3.8) is 0 Å². The Hall–Kier alpha value is -2.77. The Kier molecular flexibility index (Phi) is 6.94. The highest BCUT2D eigenvalue weighted by Crippen LogP contribution is 2.19. The molecular formula is C24H28N4O2S. The van der Waals surface area contributed by atoms with Gasteiger partial charge in [0.05, 0.1) is 6.67 Å².